The summed E-state index contributed by atoms with van der Waals surface area (Å²) >= 11 is 0. The van der Waals surface area contributed by atoms with Crippen LogP contribution in [-0.2, 0) is 13.6 Å². The van der Waals surface area contributed by atoms with E-state index in [1.54, 1.807) is 13.3 Å². The van der Waals surface area contributed by atoms with E-state index < -0.39 is 0 Å². The van der Waals surface area contributed by atoms with Crippen LogP contribution in [0.4, 0.5) is 5.69 Å². The lowest BCUT2D eigenvalue weighted by molar-refractivity contribution is 0.398. The molecule has 2 heterocycles. The van der Waals surface area contributed by atoms with Gasteiger partial charge in [0.1, 0.15) is 0 Å². The SMILES string of the molecule is COc1ccc(NCc2cc(C)nn2C)cn1. The lowest BCUT2D eigenvalue weighted by Crippen LogP contribution is -2.05. The van der Waals surface area contributed by atoms with Gasteiger partial charge in [-0.1, -0.05) is 0 Å². The van der Waals surface area contributed by atoms with Crippen molar-refractivity contribution in [2.24, 2.45) is 7.05 Å². The lowest BCUT2D eigenvalue weighted by atomic mass is 10.3. The predicted octanol–water partition coefficient (Wildman–Crippen LogP) is 1.74. The van der Waals surface area contributed by atoms with E-state index in [2.05, 4.69) is 21.5 Å². The Balaban J connectivity index is 1.99. The highest BCUT2D eigenvalue weighted by Crippen LogP contribution is 2.12. The third-order valence-electron chi connectivity index (χ3n) is 2.52. The molecule has 0 radical (unpaired) electrons. The Morgan fingerprint density at radius 3 is 2.76 bits per heavy atom. The topological polar surface area (TPSA) is 52.0 Å². The van der Waals surface area contributed by atoms with Crippen molar-refractivity contribution in [3.05, 3.63) is 35.8 Å². The van der Waals surface area contributed by atoms with Gasteiger partial charge in [-0.05, 0) is 19.1 Å². The summed E-state index contributed by atoms with van der Waals surface area (Å²) in [5.74, 6) is 0.618. The van der Waals surface area contributed by atoms with E-state index in [0.29, 0.717) is 5.88 Å². The van der Waals surface area contributed by atoms with Crippen LogP contribution in [0.25, 0.3) is 0 Å². The van der Waals surface area contributed by atoms with Crippen LogP contribution in [-0.4, -0.2) is 21.9 Å². The highest BCUT2D eigenvalue weighted by Gasteiger charge is 2.01. The van der Waals surface area contributed by atoms with E-state index in [4.69, 9.17) is 4.74 Å². The fourth-order valence-electron chi connectivity index (χ4n) is 1.63. The summed E-state index contributed by atoms with van der Waals surface area (Å²) in [6.07, 6.45) is 1.75. The summed E-state index contributed by atoms with van der Waals surface area (Å²) in [6, 6.07) is 5.83. The van der Waals surface area contributed by atoms with Crippen molar-refractivity contribution in [1.82, 2.24) is 14.8 Å². The van der Waals surface area contributed by atoms with Gasteiger partial charge in [0, 0.05) is 13.1 Å². The van der Waals surface area contributed by atoms with E-state index >= 15 is 0 Å². The van der Waals surface area contributed by atoms with E-state index in [0.717, 1.165) is 23.6 Å². The Kier molecular flexibility index (Phi) is 3.27. The molecule has 5 heteroatoms. The number of aromatic nitrogens is 3. The Morgan fingerprint density at radius 1 is 1.41 bits per heavy atom. The highest BCUT2D eigenvalue weighted by atomic mass is 16.5. The molecule has 0 aliphatic heterocycles. The highest BCUT2D eigenvalue weighted by molar-refractivity contribution is 5.42. The average molecular weight is 232 g/mol. The van der Waals surface area contributed by atoms with E-state index in [9.17, 15) is 0 Å². The first-order valence-corrected chi connectivity index (χ1v) is 5.42. The van der Waals surface area contributed by atoms with Crippen LogP contribution in [0.2, 0.25) is 0 Å². The van der Waals surface area contributed by atoms with Crippen LogP contribution in [0.3, 0.4) is 0 Å². The van der Waals surface area contributed by atoms with Gasteiger partial charge in [-0.25, -0.2) is 4.98 Å². The first-order valence-electron chi connectivity index (χ1n) is 5.42. The standard InChI is InChI=1S/C12H16N4O/c1-9-6-11(16(2)15-9)8-13-10-4-5-12(17-3)14-7-10/h4-7,13H,8H2,1-3H3. The van der Waals surface area contributed by atoms with Crippen LogP contribution in [0, 0.1) is 6.92 Å². The van der Waals surface area contributed by atoms with Crippen molar-refractivity contribution in [3.63, 3.8) is 0 Å². The summed E-state index contributed by atoms with van der Waals surface area (Å²) in [6.45, 7) is 2.71. The van der Waals surface area contributed by atoms with E-state index in [1.165, 1.54) is 0 Å². The quantitative estimate of drug-likeness (QED) is 0.872. The van der Waals surface area contributed by atoms with Crippen molar-refractivity contribution in [1.29, 1.82) is 0 Å². The molecule has 2 rings (SSSR count). The molecule has 0 bridgehead atoms. The summed E-state index contributed by atoms with van der Waals surface area (Å²) in [4.78, 5) is 4.13. The van der Waals surface area contributed by atoms with Crippen LogP contribution in [0.5, 0.6) is 5.88 Å². The van der Waals surface area contributed by atoms with Gasteiger partial charge in [-0.15, -0.1) is 0 Å². The molecule has 5 nitrogen and oxygen atoms in total. The van der Waals surface area contributed by atoms with Crippen molar-refractivity contribution < 1.29 is 4.74 Å². The number of methoxy groups -OCH3 is 1. The van der Waals surface area contributed by atoms with E-state index in [1.807, 2.05) is 30.8 Å². The maximum atomic E-state index is 5.00. The van der Waals surface area contributed by atoms with Crippen LogP contribution in [0.1, 0.15) is 11.4 Å². The number of pyridine rings is 1. The molecule has 0 spiro atoms. The molecule has 0 aromatic carbocycles. The van der Waals surface area contributed by atoms with Gasteiger partial charge in [0.25, 0.3) is 0 Å². The second kappa shape index (κ2) is 4.86. The minimum absolute atomic E-state index is 0.618. The third kappa shape index (κ3) is 2.75. The first-order chi connectivity index (χ1) is 8.19. The Hall–Kier alpha value is -2.04. The molecule has 0 amide bonds. The lowest BCUT2D eigenvalue weighted by Gasteiger charge is -2.06. The molecule has 2 aromatic rings. The molecule has 17 heavy (non-hydrogen) atoms. The summed E-state index contributed by atoms with van der Waals surface area (Å²) in [7, 11) is 3.55. The van der Waals surface area contributed by atoms with Gasteiger partial charge < -0.3 is 10.1 Å². The number of aryl methyl sites for hydroxylation is 2. The van der Waals surface area contributed by atoms with Gasteiger partial charge in [-0.2, -0.15) is 5.10 Å². The van der Waals surface area contributed by atoms with Gasteiger partial charge in [0.15, 0.2) is 0 Å². The maximum absolute atomic E-state index is 5.00. The maximum Gasteiger partial charge on any atom is 0.213 e. The summed E-state index contributed by atoms with van der Waals surface area (Å²) in [5.41, 5.74) is 3.13. The smallest absolute Gasteiger partial charge is 0.213 e. The zero-order chi connectivity index (χ0) is 12.3. The third-order valence-corrected chi connectivity index (χ3v) is 2.52. The zero-order valence-corrected chi connectivity index (χ0v) is 10.3. The number of nitrogens with one attached hydrogen (secondary N) is 1. The molecule has 0 atom stereocenters. The molecular weight excluding hydrogens is 216 g/mol. The number of rotatable bonds is 4. The number of hydrogen-bond donors (Lipinski definition) is 1. The molecule has 0 aliphatic carbocycles. The monoisotopic (exact) mass is 232 g/mol. The molecule has 0 saturated carbocycles. The minimum atomic E-state index is 0.618. The largest absolute Gasteiger partial charge is 0.481 e. The molecule has 0 fully saturated rings. The second-order valence-corrected chi connectivity index (χ2v) is 3.84. The molecule has 2 aromatic heterocycles. The van der Waals surface area contributed by atoms with Crippen LogP contribution in [0.15, 0.2) is 24.4 Å². The molecule has 0 saturated heterocycles. The van der Waals surface area contributed by atoms with Crippen LogP contribution >= 0.6 is 0 Å². The van der Waals surface area contributed by atoms with Gasteiger partial charge in [0.05, 0.1) is 36.9 Å². The van der Waals surface area contributed by atoms with E-state index in [-0.39, 0.29) is 0 Å². The molecule has 1 N–H and O–H groups in total. The van der Waals surface area contributed by atoms with Crippen molar-refractivity contribution in [2.75, 3.05) is 12.4 Å². The Bertz CT molecular complexity index is 490. The Morgan fingerprint density at radius 2 is 2.24 bits per heavy atom. The predicted molar refractivity (Wildman–Crippen MR) is 66.1 cm³/mol. The minimum Gasteiger partial charge on any atom is -0.481 e. The molecular formula is C12H16N4O. The fourth-order valence-corrected chi connectivity index (χ4v) is 1.63. The average Bonchev–Trinajstić information content (AvgIpc) is 2.66. The number of nitrogens with zero attached hydrogens (tertiary/aromatic N) is 3. The molecule has 0 unspecified atom stereocenters. The molecule has 90 valence electrons. The number of anilines is 1. The summed E-state index contributed by atoms with van der Waals surface area (Å²) < 4.78 is 6.88. The number of ether oxygens (including phenoxy) is 1. The van der Waals surface area contributed by atoms with Gasteiger partial charge >= 0.3 is 0 Å². The normalized spacial score (nSPS) is 10.3. The van der Waals surface area contributed by atoms with Gasteiger partial charge in [0.2, 0.25) is 5.88 Å². The first kappa shape index (κ1) is 11.4. The van der Waals surface area contributed by atoms with Crippen molar-refractivity contribution >= 4 is 5.69 Å². The summed E-state index contributed by atoms with van der Waals surface area (Å²) in [5, 5.41) is 7.58. The fraction of sp³-hybridized carbons (Fsp3) is 0.333. The van der Waals surface area contributed by atoms with Crippen molar-refractivity contribution in [2.45, 2.75) is 13.5 Å². The number of hydrogen-bond acceptors (Lipinski definition) is 4. The zero-order valence-electron chi connectivity index (χ0n) is 10.3. The second-order valence-electron chi connectivity index (χ2n) is 3.84. The van der Waals surface area contributed by atoms with Crippen molar-refractivity contribution in [3.8, 4) is 5.88 Å². The molecule has 0 aliphatic rings. The van der Waals surface area contributed by atoms with Crippen LogP contribution < -0.4 is 10.1 Å². The Labute approximate surface area is 100 Å². The van der Waals surface area contributed by atoms with Gasteiger partial charge in [-0.3, -0.25) is 4.68 Å².